The van der Waals surface area contributed by atoms with Gasteiger partial charge in [0, 0.05) is 24.8 Å². The van der Waals surface area contributed by atoms with Crippen LogP contribution in [0.4, 0.5) is 10.5 Å². The van der Waals surface area contributed by atoms with E-state index in [9.17, 15) is 9.59 Å². The number of hydrogen-bond acceptors (Lipinski definition) is 4. The zero-order chi connectivity index (χ0) is 20.7. The molecule has 3 fully saturated rings. The number of urea groups is 1. The van der Waals surface area contributed by atoms with E-state index in [1.807, 2.05) is 11.0 Å². The molecule has 0 saturated carbocycles. The highest BCUT2D eigenvalue weighted by atomic mass is 16.5. The first kappa shape index (κ1) is 19.6. The van der Waals surface area contributed by atoms with Crippen molar-refractivity contribution in [3.8, 4) is 0 Å². The third kappa shape index (κ3) is 3.51. The van der Waals surface area contributed by atoms with Crippen LogP contribution in [0.2, 0.25) is 0 Å². The molecule has 3 aliphatic heterocycles. The van der Waals surface area contributed by atoms with Crippen molar-refractivity contribution in [3.63, 3.8) is 0 Å². The Balaban J connectivity index is 1.36. The molecule has 0 unspecified atom stereocenters. The van der Waals surface area contributed by atoms with Gasteiger partial charge >= 0.3 is 12.0 Å². The van der Waals surface area contributed by atoms with Crippen molar-refractivity contribution in [1.82, 2.24) is 9.80 Å². The molecule has 4 atom stereocenters. The number of piperidine rings is 3. The summed E-state index contributed by atoms with van der Waals surface area (Å²) >= 11 is 0. The minimum absolute atomic E-state index is 0.0631. The van der Waals surface area contributed by atoms with E-state index in [4.69, 9.17) is 4.74 Å². The van der Waals surface area contributed by atoms with E-state index in [2.05, 4.69) is 16.3 Å². The molecule has 6 heteroatoms. The maximum Gasteiger partial charge on any atom is 0.337 e. The smallest absolute Gasteiger partial charge is 0.337 e. The lowest BCUT2D eigenvalue weighted by atomic mass is 9.68. The summed E-state index contributed by atoms with van der Waals surface area (Å²) in [5.74, 6) is 0.790. The first-order chi connectivity index (χ1) is 14.6. The summed E-state index contributed by atoms with van der Waals surface area (Å²) in [7, 11) is 1.36. The van der Waals surface area contributed by atoms with E-state index >= 15 is 0 Å². The number of carbonyl (C=O) groups excluding carboxylic acids is 2. The van der Waals surface area contributed by atoms with Gasteiger partial charge in [0.25, 0.3) is 0 Å². The third-order valence-corrected chi connectivity index (χ3v) is 7.45. The second-order valence-electron chi connectivity index (χ2n) is 9.20. The predicted molar refractivity (Wildman–Crippen MR) is 115 cm³/mol. The van der Waals surface area contributed by atoms with Crippen LogP contribution in [-0.4, -0.2) is 60.6 Å². The molecule has 1 aliphatic carbocycles. The lowest BCUT2D eigenvalue weighted by Crippen LogP contribution is -2.60. The van der Waals surface area contributed by atoms with E-state index in [-0.39, 0.29) is 12.1 Å². The van der Waals surface area contributed by atoms with Crippen molar-refractivity contribution in [2.24, 2.45) is 11.8 Å². The van der Waals surface area contributed by atoms with E-state index in [0.717, 1.165) is 25.9 Å². The van der Waals surface area contributed by atoms with Crippen molar-refractivity contribution in [3.05, 3.63) is 41.5 Å². The molecule has 6 nitrogen and oxygen atoms in total. The summed E-state index contributed by atoms with van der Waals surface area (Å²) in [6.45, 7) is 3.11. The Morgan fingerprint density at radius 2 is 2.07 bits per heavy atom. The van der Waals surface area contributed by atoms with E-state index < -0.39 is 5.97 Å². The summed E-state index contributed by atoms with van der Waals surface area (Å²) in [6.07, 6.45) is 9.86. The molecular weight excluding hydrogens is 378 g/mol. The Labute approximate surface area is 178 Å². The Morgan fingerprint density at radius 1 is 1.17 bits per heavy atom. The SMILES string of the molecule is COC(=O)c1cccc(NC(=O)N2CCCC3=C[C@H]4C[C@H](CN5CCCC[C@@H]45)[C@H]32)c1. The summed E-state index contributed by atoms with van der Waals surface area (Å²) < 4.78 is 4.80. The highest BCUT2D eigenvalue weighted by Crippen LogP contribution is 2.45. The minimum atomic E-state index is -0.397. The second-order valence-corrected chi connectivity index (χ2v) is 9.20. The quantitative estimate of drug-likeness (QED) is 0.594. The van der Waals surface area contributed by atoms with Gasteiger partial charge in [0.1, 0.15) is 0 Å². The molecule has 5 rings (SSSR count). The summed E-state index contributed by atoms with van der Waals surface area (Å²) in [4.78, 5) is 29.8. The zero-order valence-electron chi connectivity index (χ0n) is 17.7. The van der Waals surface area contributed by atoms with Gasteiger partial charge < -0.3 is 15.0 Å². The van der Waals surface area contributed by atoms with Crippen LogP contribution < -0.4 is 5.32 Å². The lowest BCUT2D eigenvalue weighted by Gasteiger charge is -2.54. The van der Waals surface area contributed by atoms with Gasteiger partial charge in [-0.3, -0.25) is 4.90 Å². The van der Waals surface area contributed by atoms with Gasteiger partial charge in [-0.25, -0.2) is 9.59 Å². The molecule has 1 aromatic carbocycles. The van der Waals surface area contributed by atoms with Crippen molar-refractivity contribution in [2.75, 3.05) is 32.1 Å². The fraction of sp³-hybridized carbons (Fsp3) is 0.583. The van der Waals surface area contributed by atoms with Crippen LogP contribution in [0.1, 0.15) is 48.9 Å². The van der Waals surface area contributed by atoms with Crippen molar-refractivity contribution in [2.45, 2.75) is 50.6 Å². The maximum atomic E-state index is 13.3. The molecule has 1 aromatic rings. The third-order valence-electron chi connectivity index (χ3n) is 7.45. The highest BCUT2D eigenvalue weighted by molar-refractivity contribution is 5.94. The fourth-order valence-corrected chi connectivity index (χ4v) is 6.24. The molecule has 0 spiro atoms. The lowest BCUT2D eigenvalue weighted by molar-refractivity contribution is 0.00908. The number of fused-ring (bicyclic) bond motifs is 6. The molecule has 160 valence electrons. The van der Waals surface area contributed by atoms with Crippen LogP contribution in [0, 0.1) is 11.8 Å². The molecule has 2 bridgehead atoms. The Kier molecular flexibility index (Phi) is 5.27. The van der Waals surface area contributed by atoms with Crippen LogP contribution in [0.15, 0.2) is 35.9 Å². The Hall–Kier alpha value is -2.34. The molecule has 0 radical (unpaired) electrons. The van der Waals surface area contributed by atoms with Crippen LogP contribution in [0.3, 0.4) is 0 Å². The minimum Gasteiger partial charge on any atom is -0.465 e. The number of rotatable bonds is 2. The molecule has 0 aromatic heterocycles. The number of anilines is 1. The monoisotopic (exact) mass is 409 g/mol. The van der Waals surface area contributed by atoms with Gasteiger partial charge in [0.15, 0.2) is 0 Å². The van der Waals surface area contributed by atoms with Crippen LogP contribution in [-0.2, 0) is 4.74 Å². The van der Waals surface area contributed by atoms with Crippen molar-refractivity contribution < 1.29 is 14.3 Å². The summed E-state index contributed by atoms with van der Waals surface area (Å²) in [5.41, 5.74) is 2.55. The predicted octanol–water partition coefficient (Wildman–Crippen LogP) is 3.90. The zero-order valence-corrected chi connectivity index (χ0v) is 17.7. The fourth-order valence-electron chi connectivity index (χ4n) is 6.24. The number of nitrogens with one attached hydrogen (secondary N) is 1. The first-order valence-corrected chi connectivity index (χ1v) is 11.3. The molecule has 4 aliphatic rings. The normalized spacial score (nSPS) is 30.6. The van der Waals surface area contributed by atoms with Crippen LogP contribution in [0.25, 0.3) is 0 Å². The van der Waals surface area contributed by atoms with E-state index in [0.29, 0.717) is 29.1 Å². The van der Waals surface area contributed by atoms with Gasteiger partial charge in [-0.15, -0.1) is 0 Å². The van der Waals surface area contributed by atoms with Gasteiger partial charge in [-0.05, 0) is 68.7 Å². The van der Waals surface area contributed by atoms with E-state index in [1.165, 1.54) is 44.9 Å². The Bertz CT molecular complexity index is 867. The number of methoxy groups -OCH3 is 1. The van der Waals surface area contributed by atoms with E-state index in [1.54, 1.807) is 18.2 Å². The molecule has 1 N–H and O–H groups in total. The number of ether oxygens (including phenoxy) is 1. The first-order valence-electron chi connectivity index (χ1n) is 11.3. The average molecular weight is 410 g/mol. The standard InChI is InChI=1S/C24H31N3O3/c1-30-23(28)17-6-4-8-20(14-17)25-24(29)27-11-5-7-16-12-18-13-19(22(16)27)15-26-10-3-2-9-21(18)26/h4,6,8,12,14,18-19,21-22H,2-3,5,7,9-11,13,15H2,1H3,(H,25,29)/t18-,19+,21-,22-/m0/s1. The molecule has 3 saturated heterocycles. The second kappa shape index (κ2) is 8.06. The number of carbonyl (C=O) groups is 2. The molecular formula is C24H31N3O3. The van der Waals surface area contributed by atoms with Gasteiger partial charge in [0.2, 0.25) is 0 Å². The van der Waals surface area contributed by atoms with Gasteiger partial charge in [-0.1, -0.05) is 24.1 Å². The van der Waals surface area contributed by atoms with Crippen LogP contribution in [0.5, 0.6) is 0 Å². The molecule has 3 heterocycles. The highest BCUT2D eigenvalue weighted by Gasteiger charge is 2.46. The van der Waals surface area contributed by atoms with Crippen molar-refractivity contribution in [1.29, 1.82) is 0 Å². The van der Waals surface area contributed by atoms with Gasteiger partial charge in [-0.2, -0.15) is 0 Å². The number of amides is 2. The Morgan fingerprint density at radius 3 is 2.93 bits per heavy atom. The maximum absolute atomic E-state index is 13.3. The molecule has 2 amide bonds. The number of esters is 1. The van der Waals surface area contributed by atoms with Crippen molar-refractivity contribution >= 4 is 17.7 Å². The largest absolute Gasteiger partial charge is 0.465 e. The number of nitrogens with zero attached hydrogens (tertiary/aromatic N) is 2. The topological polar surface area (TPSA) is 61.9 Å². The van der Waals surface area contributed by atoms with Gasteiger partial charge in [0.05, 0.1) is 18.7 Å². The number of likely N-dealkylation sites (tertiary alicyclic amines) is 1. The summed E-state index contributed by atoms with van der Waals surface area (Å²) in [5, 5.41) is 3.03. The molecule has 30 heavy (non-hydrogen) atoms. The summed E-state index contributed by atoms with van der Waals surface area (Å²) in [6, 6.07) is 7.83. The average Bonchev–Trinajstić information content (AvgIpc) is 2.78. The van der Waals surface area contributed by atoms with Crippen LogP contribution >= 0.6 is 0 Å². The number of benzene rings is 1. The number of hydrogen-bond donors (Lipinski definition) is 1.